The summed E-state index contributed by atoms with van der Waals surface area (Å²) in [5, 5.41) is 11.1. The summed E-state index contributed by atoms with van der Waals surface area (Å²) in [6.07, 6.45) is 0.252. The van der Waals surface area contributed by atoms with Crippen LogP contribution in [0.15, 0.2) is 29.8 Å². The van der Waals surface area contributed by atoms with Gasteiger partial charge in [-0.1, -0.05) is 22.9 Å². The van der Waals surface area contributed by atoms with Crippen molar-refractivity contribution in [3.05, 3.63) is 34.8 Å². The fourth-order valence-corrected chi connectivity index (χ4v) is 1.79. The molecule has 0 aliphatic rings. The van der Waals surface area contributed by atoms with Crippen LogP contribution in [-0.2, 0) is 4.79 Å². The van der Waals surface area contributed by atoms with Gasteiger partial charge in [0.05, 0.1) is 13.0 Å². The molecule has 2 rings (SSSR count). The van der Waals surface area contributed by atoms with E-state index in [-0.39, 0.29) is 12.3 Å². The Morgan fingerprint density at radius 3 is 2.83 bits per heavy atom. The Bertz CT molecular complexity index is 502. The van der Waals surface area contributed by atoms with Gasteiger partial charge in [-0.25, -0.2) is 0 Å². The average Bonchev–Trinajstić information content (AvgIpc) is 2.84. The summed E-state index contributed by atoms with van der Waals surface area (Å²) in [6.45, 7) is 0.298. The number of aromatic nitrogens is 2. The molecule has 5 nitrogen and oxygen atoms in total. The second-order valence-electron chi connectivity index (χ2n) is 3.34. The molecular weight excluding hydrogens is 274 g/mol. The highest BCUT2D eigenvalue weighted by molar-refractivity contribution is 7.13. The summed E-state index contributed by atoms with van der Waals surface area (Å²) < 4.78 is 5.40. The molecule has 7 heteroatoms. The molecule has 0 saturated heterocycles. The summed E-state index contributed by atoms with van der Waals surface area (Å²) in [5.41, 5.74) is 1.56. The fourth-order valence-electron chi connectivity index (χ4n) is 1.20. The van der Waals surface area contributed by atoms with Crippen molar-refractivity contribution < 1.29 is 9.53 Å². The van der Waals surface area contributed by atoms with Gasteiger partial charge in [-0.2, -0.15) is 0 Å². The van der Waals surface area contributed by atoms with Crippen molar-refractivity contribution in [1.29, 1.82) is 0 Å². The van der Waals surface area contributed by atoms with E-state index in [0.29, 0.717) is 22.5 Å². The number of amides is 1. The zero-order valence-electron chi connectivity index (χ0n) is 9.30. The number of ether oxygens (including phenoxy) is 1. The van der Waals surface area contributed by atoms with E-state index in [9.17, 15) is 4.79 Å². The van der Waals surface area contributed by atoms with Crippen LogP contribution in [0.1, 0.15) is 6.42 Å². The lowest BCUT2D eigenvalue weighted by Crippen LogP contribution is -2.15. The molecule has 0 aliphatic heterocycles. The summed E-state index contributed by atoms with van der Waals surface area (Å²) >= 11 is 7.02. The molecule has 0 spiro atoms. The number of anilines is 1. The maximum Gasteiger partial charge on any atom is 0.229 e. The van der Waals surface area contributed by atoms with Gasteiger partial charge in [0.1, 0.15) is 11.3 Å². The first-order valence-corrected chi connectivity index (χ1v) is 6.44. The van der Waals surface area contributed by atoms with Gasteiger partial charge in [0.15, 0.2) is 0 Å². The molecule has 0 aliphatic carbocycles. The molecule has 94 valence electrons. The molecule has 1 aromatic carbocycles. The van der Waals surface area contributed by atoms with Gasteiger partial charge in [-0.3, -0.25) is 4.79 Å². The molecule has 1 amide bonds. The van der Waals surface area contributed by atoms with E-state index in [1.807, 2.05) is 0 Å². The van der Waals surface area contributed by atoms with Crippen LogP contribution in [0.25, 0.3) is 0 Å². The van der Waals surface area contributed by atoms with E-state index in [1.165, 1.54) is 11.3 Å². The van der Waals surface area contributed by atoms with Crippen molar-refractivity contribution in [3.63, 3.8) is 0 Å². The van der Waals surface area contributed by atoms with Crippen LogP contribution in [-0.4, -0.2) is 22.7 Å². The topological polar surface area (TPSA) is 64.1 Å². The van der Waals surface area contributed by atoms with Gasteiger partial charge in [0, 0.05) is 5.02 Å². The van der Waals surface area contributed by atoms with Gasteiger partial charge in [0.2, 0.25) is 11.0 Å². The van der Waals surface area contributed by atoms with E-state index in [4.69, 9.17) is 16.3 Å². The predicted octanol–water partition coefficient (Wildman–Crippen LogP) is 2.60. The molecular formula is C11H10ClN3O2S. The minimum absolute atomic E-state index is 0.152. The highest BCUT2D eigenvalue weighted by Crippen LogP contribution is 2.15. The minimum Gasteiger partial charge on any atom is -0.493 e. The average molecular weight is 284 g/mol. The Balaban J connectivity index is 1.72. The summed E-state index contributed by atoms with van der Waals surface area (Å²) in [5.74, 6) is 0.531. The molecule has 1 heterocycles. The molecule has 18 heavy (non-hydrogen) atoms. The lowest BCUT2D eigenvalue weighted by atomic mass is 10.3. The number of benzene rings is 1. The zero-order valence-corrected chi connectivity index (χ0v) is 10.9. The van der Waals surface area contributed by atoms with Crippen LogP contribution in [0.3, 0.4) is 0 Å². The molecule has 0 atom stereocenters. The highest BCUT2D eigenvalue weighted by atomic mass is 35.5. The summed E-state index contributed by atoms with van der Waals surface area (Å²) in [4.78, 5) is 11.5. The third kappa shape index (κ3) is 3.97. The number of halogens is 1. The quantitative estimate of drug-likeness (QED) is 0.916. The number of nitrogens with zero attached hydrogens (tertiary/aromatic N) is 2. The van der Waals surface area contributed by atoms with E-state index in [2.05, 4.69) is 15.5 Å². The number of rotatable bonds is 5. The van der Waals surface area contributed by atoms with Crippen LogP contribution in [0.2, 0.25) is 5.02 Å². The fraction of sp³-hybridized carbons (Fsp3) is 0.182. The van der Waals surface area contributed by atoms with Crippen LogP contribution in [0, 0.1) is 0 Å². The molecule has 0 saturated carbocycles. The molecule has 0 radical (unpaired) electrons. The molecule has 2 aromatic rings. The van der Waals surface area contributed by atoms with Crippen LogP contribution >= 0.6 is 22.9 Å². The largest absolute Gasteiger partial charge is 0.493 e. The summed E-state index contributed by atoms with van der Waals surface area (Å²) in [6, 6.07) is 6.98. The number of hydrogen-bond donors (Lipinski definition) is 1. The third-order valence-corrected chi connectivity index (χ3v) is 2.88. The standard InChI is InChI=1S/C11H10ClN3O2S/c12-8-1-3-9(4-2-8)17-6-5-10(16)14-11-15-13-7-18-11/h1-4,7H,5-6H2,(H,14,15,16). The van der Waals surface area contributed by atoms with Gasteiger partial charge < -0.3 is 10.1 Å². The first kappa shape index (κ1) is 12.8. The van der Waals surface area contributed by atoms with Crippen molar-refractivity contribution in [2.75, 3.05) is 11.9 Å². The van der Waals surface area contributed by atoms with Gasteiger partial charge in [-0.05, 0) is 24.3 Å². The number of hydrogen-bond acceptors (Lipinski definition) is 5. The Labute approximate surface area is 113 Å². The first-order chi connectivity index (χ1) is 8.74. The van der Waals surface area contributed by atoms with Gasteiger partial charge in [-0.15, -0.1) is 10.2 Å². The molecule has 0 fully saturated rings. The normalized spacial score (nSPS) is 10.1. The number of carbonyl (C=O) groups is 1. The SMILES string of the molecule is O=C(CCOc1ccc(Cl)cc1)Nc1nncs1. The second kappa shape index (κ2) is 6.32. The van der Waals surface area contributed by atoms with E-state index in [1.54, 1.807) is 29.8 Å². The van der Waals surface area contributed by atoms with Gasteiger partial charge in [0.25, 0.3) is 0 Å². The monoisotopic (exact) mass is 283 g/mol. The second-order valence-corrected chi connectivity index (χ2v) is 4.61. The maximum absolute atomic E-state index is 11.5. The Hall–Kier alpha value is -1.66. The predicted molar refractivity (Wildman–Crippen MR) is 70.1 cm³/mol. The van der Waals surface area contributed by atoms with Crippen molar-refractivity contribution in [2.24, 2.45) is 0 Å². The Morgan fingerprint density at radius 1 is 1.39 bits per heavy atom. The first-order valence-electron chi connectivity index (χ1n) is 5.18. The van der Waals surface area contributed by atoms with Crippen LogP contribution in [0.4, 0.5) is 5.13 Å². The maximum atomic E-state index is 11.5. The Morgan fingerprint density at radius 2 is 2.17 bits per heavy atom. The molecule has 0 unspecified atom stereocenters. The highest BCUT2D eigenvalue weighted by Gasteiger charge is 2.04. The molecule has 1 aromatic heterocycles. The van der Waals surface area contributed by atoms with E-state index >= 15 is 0 Å². The summed E-state index contributed by atoms with van der Waals surface area (Å²) in [7, 11) is 0. The lowest BCUT2D eigenvalue weighted by Gasteiger charge is -2.05. The van der Waals surface area contributed by atoms with E-state index in [0.717, 1.165) is 0 Å². The van der Waals surface area contributed by atoms with Crippen molar-refractivity contribution in [2.45, 2.75) is 6.42 Å². The number of nitrogens with one attached hydrogen (secondary N) is 1. The third-order valence-electron chi connectivity index (χ3n) is 2.02. The van der Waals surface area contributed by atoms with Crippen molar-refractivity contribution >= 4 is 34.0 Å². The lowest BCUT2D eigenvalue weighted by molar-refractivity contribution is -0.116. The smallest absolute Gasteiger partial charge is 0.229 e. The molecule has 1 N–H and O–H groups in total. The molecule has 0 bridgehead atoms. The Kier molecular flexibility index (Phi) is 4.49. The van der Waals surface area contributed by atoms with Crippen molar-refractivity contribution in [3.8, 4) is 5.75 Å². The number of carbonyl (C=O) groups excluding carboxylic acids is 1. The minimum atomic E-state index is -0.152. The van der Waals surface area contributed by atoms with Crippen LogP contribution in [0.5, 0.6) is 5.75 Å². The van der Waals surface area contributed by atoms with E-state index < -0.39 is 0 Å². The van der Waals surface area contributed by atoms with Crippen LogP contribution < -0.4 is 10.1 Å². The zero-order chi connectivity index (χ0) is 12.8. The van der Waals surface area contributed by atoms with Crippen molar-refractivity contribution in [1.82, 2.24) is 10.2 Å². The van der Waals surface area contributed by atoms with Gasteiger partial charge >= 0.3 is 0 Å².